The molecule has 0 saturated heterocycles. The highest BCUT2D eigenvalue weighted by molar-refractivity contribution is 14.0. The van der Waals surface area contributed by atoms with Crippen molar-refractivity contribution in [3.63, 3.8) is 0 Å². The fourth-order valence-corrected chi connectivity index (χ4v) is 3.13. The van der Waals surface area contributed by atoms with Gasteiger partial charge in [0.1, 0.15) is 0 Å². The van der Waals surface area contributed by atoms with Crippen molar-refractivity contribution < 1.29 is 9.59 Å². The molecule has 0 saturated carbocycles. The highest BCUT2D eigenvalue weighted by Crippen LogP contribution is 2.14. The number of hydrogen-bond donors (Lipinski definition) is 4. The molecule has 31 heavy (non-hydrogen) atoms. The molecule has 2 amide bonds. The van der Waals surface area contributed by atoms with Gasteiger partial charge in [-0.05, 0) is 50.5 Å². The Bertz CT molecular complexity index is 923. The lowest BCUT2D eigenvalue weighted by molar-refractivity contribution is -0.117. The van der Waals surface area contributed by atoms with Crippen molar-refractivity contribution in [1.29, 1.82) is 0 Å². The number of carbonyl (C=O) groups is 2. The normalized spacial score (nSPS) is 12.0. The Morgan fingerprint density at radius 1 is 1.19 bits per heavy atom. The summed E-state index contributed by atoms with van der Waals surface area (Å²) in [6.07, 6.45) is 0.849. The molecular formula is C21H32IN7O2. The van der Waals surface area contributed by atoms with Crippen LogP contribution >= 0.6 is 24.0 Å². The van der Waals surface area contributed by atoms with E-state index in [1.165, 1.54) is 11.3 Å². The van der Waals surface area contributed by atoms with Crippen LogP contribution in [0.3, 0.4) is 0 Å². The molecule has 1 aromatic carbocycles. The Balaban J connectivity index is 0.00000480. The van der Waals surface area contributed by atoms with E-state index in [4.69, 9.17) is 5.73 Å². The number of carbonyl (C=O) groups excluding carboxylic acids is 2. The average Bonchev–Trinajstić information content (AvgIpc) is 2.95. The predicted molar refractivity (Wildman–Crippen MR) is 133 cm³/mol. The molecule has 0 aliphatic carbocycles. The smallest absolute Gasteiger partial charge is 0.251 e. The standard InChI is InChI=1S/C21H31N7O2.HI/c1-13(10-18-14(2)27-28(5)15(18)3)26-21(23-4)25-11-16-6-8-17(9-7-16)20(30)24-12-19(22)29;/h6-9,13H,10-12H2,1-5H3,(H2,22,29)(H,24,30)(H2,23,25,26);1H. The number of nitrogens with zero attached hydrogens (tertiary/aromatic N) is 3. The molecule has 1 atom stereocenters. The Kier molecular flexibility index (Phi) is 10.5. The molecule has 0 aliphatic rings. The van der Waals surface area contributed by atoms with Gasteiger partial charge in [-0.15, -0.1) is 24.0 Å². The van der Waals surface area contributed by atoms with Crippen LogP contribution in [0.5, 0.6) is 0 Å². The van der Waals surface area contributed by atoms with Gasteiger partial charge >= 0.3 is 0 Å². The van der Waals surface area contributed by atoms with Crippen LogP contribution in [-0.4, -0.2) is 47.2 Å². The lowest BCUT2D eigenvalue weighted by Gasteiger charge is -2.18. The zero-order chi connectivity index (χ0) is 22.3. The Morgan fingerprint density at radius 2 is 1.84 bits per heavy atom. The molecule has 0 bridgehead atoms. The van der Waals surface area contributed by atoms with Crippen LogP contribution in [0.2, 0.25) is 0 Å². The van der Waals surface area contributed by atoms with Gasteiger partial charge in [-0.1, -0.05) is 12.1 Å². The lowest BCUT2D eigenvalue weighted by Crippen LogP contribution is -2.42. The second kappa shape index (κ2) is 12.3. The van der Waals surface area contributed by atoms with E-state index < -0.39 is 5.91 Å². The van der Waals surface area contributed by atoms with Gasteiger partial charge in [0.2, 0.25) is 5.91 Å². The largest absolute Gasteiger partial charge is 0.368 e. The third kappa shape index (κ3) is 7.85. The van der Waals surface area contributed by atoms with E-state index in [-0.39, 0.29) is 42.5 Å². The summed E-state index contributed by atoms with van der Waals surface area (Å²) in [6.45, 7) is 6.59. The number of aromatic nitrogens is 2. The lowest BCUT2D eigenvalue weighted by atomic mass is 10.1. The Labute approximate surface area is 200 Å². The van der Waals surface area contributed by atoms with E-state index in [0.717, 1.165) is 17.7 Å². The summed E-state index contributed by atoms with van der Waals surface area (Å²) in [7, 11) is 3.69. The molecule has 0 fully saturated rings. The van der Waals surface area contributed by atoms with E-state index in [0.29, 0.717) is 18.1 Å². The molecular weight excluding hydrogens is 509 g/mol. The first-order chi connectivity index (χ1) is 14.2. The molecule has 1 heterocycles. The van der Waals surface area contributed by atoms with Gasteiger partial charge in [-0.2, -0.15) is 5.10 Å². The number of rotatable bonds is 8. The molecule has 0 aliphatic heterocycles. The van der Waals surface area contributed by atoms with Crippen LogP contribution in [0.1, 0.15) is 39.8 Å². The molecule has 1 unspecified atom stereocenters. The monoisotopic (exact) mass is 541 g/mol. The minimum absolute atomic E-state index is 0. The summed E-state index contributed by atoms with van der Waals surface area (Å²) in [4.78, 5) is 27.0. The highest BCUT2D eigenvalue weighted by atomic mass is 127. The number of halogens is 1. The van der Waals surface area contributed by atoms with Gasteiger partial charge in [0.15, 0.2) is 5.96 Å². The van der Waals surface area contributed by atoms with Crippen molar-refractivity contribution in [3.8, 4) is 0 Å². The van der Waals surface area contributed by atoms with Crippen molar-refractivity contribution in [3.05, 3.63) is 52.3 Å². The average molecular weight is 541 g/mol. The maximum Gasteiger partial charge on any atom is 0.251 e. The number of nitrogens with one attached hydrogen (secondary N) is 3. The van der Waals surface area contributed by atoms with Gasteiger partial charge in [0.05, 0.1) is 12.2 Å². The van der Waals surface area contributed by atoms with Crippen LogP contribution in [0.4, 0.5) is 0 Å². The fraction of sp³-hybridized carbons (Fsp3) is 0.429. The van der Waals surface area contributed by atoms with Crippen LogP contribution in [0.25, 0.3) is 0 Å². The van der Waals surface area contributed by atoms with E-state index in [1.54, 1.807) is 19.2 Å². The molecule has 5 N–H and O–H groups in total. The maximum atomic E-state index is 11.9. The summed E-state index contributed by atoms with van der Waals surface area (Å²) in [5, 5.41) is 13.6. The number of aliphatic imine (C=N–C) groups is 1. The number of amides is 2. The number of aryl methyl sites for hydroxylation is 2. The SMILES string of the molecule is CN=C(NCc1ccc(C(=O)NCC(N)=O)cc1)NC(C)Cc1c(C)nn(C)c1C.I. The van der Waals surface area contributed by atoms with Crippen molar-refractivity contribution in [2.24, 2.45) is 17.8 Å². The predicted octanol–water partition coefficient (Wildman–Crippen LogP) is 1.17. The zero-order valence-electron chi connectivity index (χ0n) is 18.7. The van der Waals surface area contributed by atoms with E-state index in [9.17, 15) is 9.59 Å². The van der Waals surface area contributed by atoms with Crippen LogP contribution in [-0.2, 0) is 24.8 Å². The minimum Gasteiger partial charge on any atom is -0.368 e. The van der Waals surface area contributed by atoms with Crippen molar-refractivity contribution in [2.75, 3.05) is 13.6 Å². The number of guanidine groups is 1. The van der Waals surface area contributed by atoms with Gasteiger partial charge in [0.25, 0.3) is 5.91 Å². The molecule has 170 valence electrons. The van der Waals surface area contributed by atoms with Gasteiger partial charge in [-0.25, -0.2) is 0 Å². The quantitative estimate of drug-likeness (QED) is 0.227. The van der Waals surface area contributed by atoms with Crippen molar-refractivity contribution in [1.82, 2.24) is 25.7 Å². The summed E-state index contributed by atoms with van der Waals surface area (Å²) < 4.78 is 1.91. The van der Waals surface area contributed by atoms with Crippen LogP contribution in [0.15, 0.2) is 29.3 Å². The van der Waals surface area contributed by atoms with Crippen LogP contribution < -0.4 is 21.7 Å². The number of primary amides is 1. The van der Waals surface area contributed by atoms with E-state index >= 15 is 0 Å². The van der Waals surface area contributed by atoms with Crippen LogP contribution in [0, 0.1) is 13.8 Å². The molecule has 9 nitrogen and oxygen atoms in total. The summed E-state index contributed by atoms with van der Waals surface area (Å²) in [5.41, 5.74) is 9.97. The second-order valence-corrected chi connectivity index (χ2v) is 7.29. The van der Waals surface area contributed by atoms with E-state index in [1.807, 2.05) is 30.8 Å². The third-order valence-corrected chi connectivity index (χ3v) is 4.88. The number of nitrogens with two attached hydrogens (primary N) is 1. The molecule has 2 aromatic rings. The fourth-order valence-electron chi connectivity index (χ4n) is 3.13. The summed E-state index contributed by atoms with van der Waals surface area (Å²) >= 11 is 0. The van der Waals surface area contributed by atoms with Gasteiger partial charge in [-0.3, -0.25) is 19.3 Å². The summed E-state index contributed by atoms with van der Waals surface area (Å²) in [6, 6.07) is 7.30. The maximum absolute atomic E-state index is 11.9. The van der Waals surface area contributed by atoms with Crippen molar-refractivity contribution >= 4 is 41.8 Å². The molecule has 1 aromatic heterocycles. The summed E-state index contributed by atoms with van der Waals surface area (Å²) in [5.74, 6) is -0.211. The first-order valence-electron chi connectivity index (χ1n) is 9.83. The van der Waals surface area contributed by atoms with Gasteiger partial charge < -0.3 is 21.7 Å². The Hall–Kier alpha value is -2.63. The zero-order valence-corrected chi connectivity index (χ0v) is 21.0. The molecule has 0 radical (unpaired) electrons. The third-order valence-electron chi connectivity index (χ3n) is 4.88. The first-order valence-corrected chi connectivity index (χ1v) is 9.83. The highest BCUT2D eigenvalue weighted by Gasteiger charge is 2.14. The second-order valence-electron chi connectivity index (χ2n) is 7.29. The number of hydrogen-bond acceptors (Lipinski definition) is 4. The van der Waals surface area contributed by atoms with Crippen molar-refractivity contribution in [2.45, 2.75) is 39.8 Å². The first kappa shape index (κ1) is 26.4. The number of benzene rings is 1. The molecule has 10 heteroatoms. The van der Waals surface area contributed by atoms with Gasteiger partial charge in [0, 0.05) is 37.9 Å². The molecule has 2 rings (SSSR count). The molecule has 0 spiro atoms. The topological polar surface area (TPSA) is 126 Å². The van der Waals surface area contributed by atoms with E-state index in [2.05, 4.69) is 39.9 Å². The Morgan fingerprint density at radius 3 is 2.35 bits per heavy atom. The minimum atomic E-state index is -0.578.